The molecule has 4 heteroatoms. The Morgan fingerprint density at radius 3 is 1.07 bits per heavy atom. The molecule has 2 nitrogen and oxygen atoms in total. The zero-order valence-corrected chi connectivity index (χ0v) is 29.7. The van der Waals surface area contributed by atoms with Crippen LogP contribution in [0.3, 0.4) is 0 Å². The number of aromatic nitrogens is 2. The Hall–Kier alpha value is -4.06. The van der Waals surface area contributed by atoms with Crippen molar-refractivity contribution in [2.24, 2.45) is 0 Å². The van der Waals surface area contributed by atoms with E-state index in [0.717, 1.165) is 97.4 Å². The Kier molecular flexibility index (Phi) is 19.2. The first kappa shape index (κ1) is 36.4. The van der Waals surface area contributed by atoms with Crippen molar-refractivity contribution in [1.29, 1.82) is 0 Å². The fraction of sp³-hybridized carbons (Fsp3) is 0.286. The number of hydrogen-bond acceptors (Lipinski definition) is 0. The maximum Gasteiger partial charge on any atom is 0.168 e. The van der Waals surface area contributed by atoms with Crippen molar-refractivity contribution in [3.8, 4) is 47.4 Å². The molecule has 0 N–H and O–H groups in total. The van der Waals surface area contributed by atoms with E-state index < -0.39 is 0 Å². The maximum atomic E-state index is 3.40. The molecule has 0 aliphatic heterocycles. The number of nitrogens with zero attached hydrogens (tertiary/aromatic N) is 2. The third kappa shape index (κ3) is 16.9. The Morgan fingerprint density at radius 2 is 0.739 bits per heavy atom. The number of unbranched alkanes of at least 4 members (excludes halogenated alkanes) is 4. The second kappa shape index (κ2) is 24.2. The number of rotatable bonds is 10. The van der Waals surface area contributed by atoms with Crippen LogP contribution in [0.5, 0.6) is 0 Å². The maximum absolute atomic E-state index is 3.40. The molecule has 0 unspecified atom stereocenters. The van der Waals surface area contributed by atoms with Gasteiger partial charge in [-0.25, -0.2) is 9.13 Å². The van der Waals surface area contributed by atoms with Crippen molar-refractivity contribution < 1.29 is 9.13 Å². The van der Waals surface area contributed by atoms with Crippen LogP contribution in [0.15, 0.2) is 110 Å². The van der Waals surface area contributed by atoms with Gasteiger partial charge >= 0.3 is 0 Å². The predicted molar refractivity (Wildman–Crippen MR) is 198 cm³/mol. The van der Waals surface area contributed by atoms with Gasteiger partial charge in [0, 0.05) is 95.7 Å². The number of pyridine rings is 2. The molecule has 46 heavy (non-hydrogen) atoms. The number of alkyl halides is 2. The molecular weight excluding hydrogens is 692 g/mol. The van der Waals surface area contributed by atoms with Gasteiger partial charge in [0.1, 0.15) is 13.1 Å². The second-order valence-corrected chi connectivity index (χ2v) is 12.0. The lowest BCUT2D eigenvalue weighted by atomic mass is 10.1. The minimum atomic E-state index is 0.898. The van der Waals surface area contributed by atoms with Crippen LogP contribution in [0, 0.1) is 47.4 Å². The number of hydrogen-bond donors (Lipinski definition) is 0. The summed E-state index contributed by atoms with van der Waals surface area (Å²) in [6.45, 7) is 2.00. The molecule has 0 aliphatic carbocycles. The number of halogens is 2. The van der Waals surface area contributed by atoms with Gasteiger partial charge in [-0.15, -0.1) is 0 Å². The topological polar surface area (TPSA) is 7.76 Å². The molecule has 0 fully saturated rings. The third-order valence-electron chi connectivity index (χ3n) is 6.52. The predicted octanol–water partition coefficient (Wildman–Crippen LogP) is 8.67. The van der Waals surface area contributed by atoms with Crippen molar-refractivity contribution in [3.63, 3.8) is 0 Å². The Bertz CT molecular complexity index is 1570. The SMILES string of the molecule is BrCCCC#Cc1cccc(C#CCCCBr)c1.C(#Cc1cccc(C#CCCC[n+]2ccccc2)c1)CCC[n+]1ccccc1. The van der Waals surface area contributed by atoms with Crippen LogP contribution in [-0.2, 0) is 13.1 Å². The minimum absolute atomic E-state index is 0.898. The van der Waals surface area contributed by atoms with Gasteiger partial charge in [0.2, 0.25) is 0 Å². The van der Waals surface area contributed by atoms with E-state index in [1.54, 1.807) is 0 Å². The highest BCUT2D eigenvalue weighted by Gasteiger charge is 1.97. The van der Waals surface area contributed by atoms with E-state index in [4.69, 9.17) is 0 Å². The summed E-state index contributed by atoms with van der Waals surface area (Å²) in [6.07, 6.45) is 16.3. The Balaban J connectivity index is 0.000000277. The molecule has 0 saturated heterocycles. The van der Waals surface area contributed by atoms with Crippen LogP contribution in [0.1, 0.15) is 73.6 Å². The highest BCUT2D eigenvalue weighted by atomic mass is 79.9. The van der Waals surface area contributed by atoms with Crippen LogP contribution in [0.2, 0.25) is 0 Å². The summed E-state index contributed by atoms with van der Waals surface area (Å²) in [4.78, 5) is 0. The fourth-order valence-electron chi connectivity index (χ4n) is 4.18. The average molecular weight is 735 g/mol. The summed E-state index contributed by atoms with van der Waals surface area (Å²) in [5, 5.41) is 2.03. The van der Waals surface area contributed by atoms with Crippen LogP contribution in [0.25, 0.3) is 0 Å². The first-order valence-corrected chi connectivity index (χ1v) is 18.2. The summed E-state index contributed by atoms with van der Waals surface area (Å²) in [5.74, 6) is 25.8. The largest absolute Gasteiger partial charge is 0.205 e. The van der Waals surface area contributed by atoms with E-state index in [-0.39, 0.29) is 0 Å². The van der Waals surface area contributed by atoms with Gasteiger partial charge in [0.15, 0.2) is 24.8 Å². The molecule has 4 rings (SSSR count). The van der Waals surface area contributed by atoms with Crippen molar-refractivity contribution in [3.05, 3.63) is 132 Å². The van der Waals surface area contributed by atoms with E-state index in [0.29, 0.717) is 0 Å². The number of benzene rings is 2. The molecule has 2 aromatic carbocycles. The van der Waals surface area contributed by atoms with E-state index >= 15 is 0 Å². The molecule has 0 aliphatic rings. The van der Waals surface area contributed by atoms with E-state index in [2.05, 4.69) is 162 Å². The van der Waals surface area contributed by atoms with E-state index in [1.807, 2.05) is 36.4 Å². The Morgan fingerprint density at radius 1 is 0.413 bits per heavy atom. The Labute approximate surface area is 293 Å². The first-order chi connectivity index (χ1) is 22.8. The van der Waals surface area contributed by atoms with Gasteiger partial charge < -0.3 is 0 Å². The van der Waals surface area contributed by atoms with Gasteiger partial charge in [0.25, 0.3) is 0 Å². The van der Waals surface area contributed by atoms with E-state index in [1.165, 1.54) is 0 Å². The lowest BCUT2D eigenvalue weighted by Gasteiger charge is -1.94. The van der Waals surface area contributed by atoms with Crippen LogP contribution in [-0.4, -0.2) is 10.7 Å². The van der Waals surface area contributed by atoms with Gasteiger partial charge in [-0.1, -0.05) is 103 Å². The molecule has 0 radical (unpaired) electrons. The summed E-state index contributed by atoms with van der Waals surface area (Å²) < 4.78 is 4.38. The molecule has 0 amide bonds. The molecule has 2 heterocycles. The summed E-state index contributed by atoms with van der Waals surface area (Å²) in [7, 11) is 0. The van der Waals surface area contributed by atoms with Gasteiger partial charge in [-0.2, -0.15) is 0 Å². The normalized spacial score (nSPS) is 9.43. The first-order valence-electron chi connectivity index (χ1n) is 15.9. The van der Waals surface area contributed by atoms with Gasteiger partial charge in [0.05, 0.1) is 0 Å². The highest BCUT2D eigenvalue weighted by Crippen LogP contribution is 2.05. The smallest absolute Gasteiger partial charge is 0.168 e. The monoisotopic (exact) mass is 732 g/mol. The van der Waals surface area contributed by atoms with Gasteiger partial charge in [-0.05, 0) is 49.2 Å². The van der Waals surface area contributed by atoms with Crippen molar-refractivity contribution in [2.75, 3.05) is 10.7 Å². The molecular formula is C42H42Br2N2+2. The standard InChI is InChI=1S/C26H26N2.C16H16Br2/c1(7-18-27-20-9-3-10-21-27)5-14-25-16-13-17-26(24-25)15-6-2-8-19-28-22-11-4-12-23-28;17-12-5-1-3-8-15-10-7-11-16(14-15)9-4-2-6-13-18/h3-4,9-13,16-17,20-24H,1-2,7-8,18-19H2;7,10-11,14H,1-2,5-6,12-13H2/q+2;. The molecule has 232 valence electrons. The average Bonchev–Trinajstić information content (AvgIpc) is 3.10. The fourth-order valence-corrected chi connectivity index (χ4v) is 4.75. The van der Waals surface area contributed by atoms with Crippen molar-refractivity contribution in [2.45, 2.75) is 64.5 Å². The lowest BCUT2D eigenvalue weighted by molar-refractivity contribution is -0.697. The molecule has 0 atom stereocenters. The van der Waals surface area contributed by atoms with Crippen LogP contribution in [0.4, 0.5) is 0 Å². The van der Waals surface area contributed by atoms with E-state index in [9.17, 15) is 0 Å². The molecule has 0 saturated carbocycles. The quantitative estimate of drug-likeness (QED) is 0.0668. The summed E-state index contributed by atoms with van der Waals surface area (Å²) in [6, 6.07) is 28.6. The molecule has 0 spiro atoms. The minimum Gasteiger partial charge on any atom is -0.205 e. The lowest BCUT2D eigenvalue weighted by Crippen LogP contribution is -2.31. The molecule has 4 aromatic rings. The third-order valence-corrected chi connectivity index (χ3v) is 7.64. The summed E-state index contributed by atoms with van der Waals surface area (Å²) >= 11 is 6.80. The van der Waals surface area contributed by atoms with Crippen molar-refractivity contribution >= 4 is 31.9 Å². The van der Waals surface area contributed by atoms with Crippen molar-refractivity contribution in [1.82, 2.24) is 0 Å². The zero-order chi connectivity index (χ0) is 32.3. The zero-order valence-electron chi connectivity index (χ0n) is 26.5. The summed E-state index contributed by atoms with van der Waals surface area (Å²) in [5.41, 5.74) is 4.19. The van der Waals surface area contributed by atoms with Crippen LogP contribution < -0.4 is 9.13 Å². The van der Waals surface area contributed by atoms with Gasteiger partial charge in [-0.3, -0.25) is 0 Å². The molecule has 2 aromatic heterocycles. The number of aryl methyl sites for hydroxylation is 2. The highest BCUT2D eigenvalue weighted by molar-refractivity contribution is 9.09. The van der Waals surface area contributed by atoms with Crippen LogP contribution >= 0.6 is 31.9 Å². The second-order valence-electron chi connectivity index (χ2n) is 10.4. The molecule has 0 bridgehead atoms.